The Kier molecular flexibility index (Phi) is 5.47. The second-order valence-corrected chi connectivity index (χ2v) is 9.07. The highest BCUT2D eigenvalue weighted by molar-refractivity contribution is 7.92. The Bertz CT molecular complexity index is 902. The van der Waals surface area contributed by atoms with Gasteiger partial charge in [-0.15, -0.1) is 0 Å². The molecule has 2 N–H and O–H groups in total. The molecule has 0 radical (unpaired) electrons. The smallest absolute Gasteiger partial charge is 0.262 e. The molecule has 0 unspecified atom stereocenters. The van der Waals surface area contributed by atoms with Crippen LogP contribution >= 0.6 is 0 Å². The number of anilines is 1. The third-order valence-corrected chi connectivity index (χ3v) is 5.91. The summed E-state index contributed by atoms with van der Waals surface area (Å²) in [6, 6.07) is 10.2. The van der Waals surface area contributed by atoms with Crippen molar-refractivity contribution in [3.8, 4) is 0 Å². The number of sulfonamides is 1. The van der Waals surface area contributed by atoms with E-state index in [0.29, 0.717) is 27.3 Å². The minimum Gasteiger partial charge on any atom is -0.355 e. The molecular formula is C20H26N2O3S. The van der Waals surface area contributed by atoms with Crippen molar-refractivity contribution in [2.24, 2.45) is 0 Å². The maximum Gasteiger partial charge on any atom is 0.262 e. The Balaban J connectivity index is 2.38. The highest BCUT2D eigenvalue weighted by Gasteiger charge is 2.23. The summed E-state index contributed by atoms with van der Waals surface area (Å²) in [7, 11) is -2.18. The van der Waals surface area contributed by atoms with Crippen LogP contribution in [0.2, 0.25) is 0 Å². The summed E-state index contributed by atoms with van der Waals surface area (Å²) >= 11 is 0. The van der Waals surface area contributed by atoms with Gasteiger partial charge in [0.1, 0.15) is 0 Å². The van der Waals surface area contributed by atoms with Crippen LogP contribution in [0.3, 0.4) is 0 Å². The normalized spacial score (nSPS) is 11.9. The Labute approximate surface area is 155 Å². The summed E-state index contributed by atoms with van der Waals surface area (Å²) in [4.78, 5) is 11.9. The molecule has 26 heavy (non-hydrogen) atoms. The molecule has 0 heterocycles. The predicted octanol–water partition coefficient (Wildman–Crippen LogP) is 3.76. The van der Waals surface area contributed by atoms with E-state index in [-0.39, 0.29) is 11.3 Å². The first kappa shape index (κ1) is 20.0. The molecule has 2 rings (SSSR count). The van der Waals surface area contributed by atoms with Crippen LogP contribution in [0, 0.1) is 13.8 Å². The molecular weight excluding hydrogens is 348 g/mol. The van der Waals surface area contributed by atoms with Gasteiger partial charge in [-0.25, -0.2) is 8.42 Å². The van der Waals surface area contributed by atoms with Crippen molar-refractivity contribution in [1.82, 2.24) is 5.32 Å². The van der Waals surface area contributed by atoms with Crippen LogP contribution in [0.1, 0.15) is 47.8 Å². The monoisotopic (exact) mass is 374 g/mol. The van der Waals surface area contributed by atoms with E-state index in [1.165, 1.54) is 0 Å². The molecule has 5 nitrogen and oxygen atoms in total. The van der Waals surface area contributed by atoms with Gasteiger partial charge < -0.3 is 5.32 Å². The van der Waals surface area contributed by atoms with Crippen molar-refractivity contribution >= 4 is 21.6 Å². The number of rotatable bonds is 4. The minimum absolute atomic E-state index is 0.0546. The van der Waals surface area contributed by atoms with Crippen molar-refractivity contribution in [2.45, 2.75) is 44.9 Å². The number of hydrogen-bond donors (Lipinski definition) is 2. The van der Waals surface area contributed by atoms with Crippen molar-refractivity contribution in [3.63, 3.8) is 0 Å². The van der Waals surface area contributed by atoms with Crippen molar-refractivity contribution in [3.05, 3.63) is 58.7 Å². The summed E-state index contributed by atoms with van der Waals surface area (Å²) in [6.45, 7) is 9.92. The largest absolute Gasteiger partial charge is 0.355 e. The molecule has 0 spiro atoms. The molecule has 2 aromatic rings. The lowest BCUT2D eigenvalue weighted by Gasteiger charge is -2.22. The summed E-state index contributed by atoms with van der Waals surface area (Å²) in [5.74, 6) is -0.219. The zero-order valence-corrected chi connectivity index (χ0v) is 16.9. The van der Waals surface area contributed by atoms with Crippen molar-refractivity contribution in [2.75, 3.05) is 11.8 Å². The van der Waals surface area contributed by atoms with E-state index in [4.69, 9.17) is 0 Å². The number of nitrogens with one attached hydrogen (secondary N) is 2. The zero-order chi connectivity index (χ0) is 19.7. The van der Waals surface area contributed by atoms with Gasteiger partial charge in [0.05, 0.1) is 4.90 Å². The number of amides is 1. The second kappa shape index (κ2) is 7.11. The molecule has 6 heteroatoms. The van der Waals surface area contributed by atoms with Crippen LogP contribution in [0.25, 0.3) is 0 Å². The van der Waals surface area contributed by atoms with E-state index in [0.717, 1.165) is 5.56 Å². The standard InChI is InChI=1S/C20H26N2O3S/c1-13-11-16(20(3,4)5)12-14(2)18(13)26(24,25)22-17-9-7-15(8-10-17)19(23)21-6/h7-12,22H,1-6H3,(H,21,23). The lowest BCUT2D eigenvalue weighted by Crippen LogP contribution is -2.19. The van der Waals surface area contributed by atoms with Crippen LogP contribution < -0.4 is 10.0 Å². The van der Waals surface area contributed by atoms with E-state index in [9.17, 15) is 13.2 Å². The molecule has 0 fully saturated rings. The Hall–Kier alpha value is -2.34. The molecule has 0 aliphatic carbocycles. The summed E-state index contributed by atoms with van der Waals surface area (Å²) in [6.07, 6.45) is 0. The number of aryl methyl sites for hydroxylation is 2. The minimum atomic E-state index is -3.73. The predicted molar refractivity (Wildman–Crippen MR) is 105 cm³/mol. The SMILES string of the molecule is CNC(=O)c1ccc(NS(=O)(=O)c2c(C)cc(C(C)(C)C)cc2C)cc1. The fourth-order valence-corrected chi connectivity index (χ4v) is 4.36. The third kappa shape index (κ3) is 4.25. The first-order valence-corrected chi connectivity index (χ1v) is 9.90. The molecule has 2 aromatic carbocycles. The van der Waals surface area contributed by atoms with Crippen LogP contribution in [0.5, 0.6) is 0 Å². The molecule has 140 valence electrons. The van der Waals surface area contributed by atoms with Gasteiger partial charge in [-0.3, -0.25) is 9.52 Å². The van der Waals surface area contributed by atoms with Crippen LogP contribution in [0.4, 0.5) is 5.69 Å². The van der Waals surface area contributed by atoms with Crippen LogP contribution in [-0.4, -0.2) is 21.4 Å². The summed E-state index contributed by atoms with van der Waals surface area (Å²) in [5.41, 5.74) is 3.35. The first-order chi connectivity index (χ1) is 12.0. The van der Waals surface area contributed by atoms with E-state index in [2.05, 4.69) is 30.8 Å². The van der Waals surface area contributed by atoms with Gasteiger partial charge in [-0.05, 0) is 60.2 Å². The van der Waals surface area contributed by atoms with Gasteiger partial charge in [0.25, 0.3) is 15.9 Å². The van der Waals surface area contributed by atoms with Gasteiger partial charge >= 0.3 is 0 Å². The van der Waals surface area contributed by atoms with Gasteiger partial charge in [0, 0.05) is 18.3 Å². The number of benzene rings is 2. The Morgan fingerprint density at radius 2 is 1.46 bits per heavy atom. The third-order valence-electron chi connectivity index (χ3n) is 4.22. The Morgan fingerprint density at radius 1 is 0.962 bits per heavy atom. The first-order valence-electron chi connectivity index (χ1n) is 8.42. The highest BCUT2D eigenvalue weighted by atomic mass is 32.2. The van der Waals surface area contributed by atoms with Gasteiger partial charge in [-0.2, -0.15) is 0 Å². The lowest BCUT2D eigenvalue weighted by atomic mass is 9.85. The van der Waals surface area contributed by atoms with Crippen molar-refractivity contribution < 1.29 is 13.2 Å². The molecule has 0 saturated heterocycles. The lowest BCUT2D eigenvalue weighted by molar-refractivity contribution is 0.0963. The fourth-order valence-electron chi connectivity index (χ4n) is 2.85. The molecule has 0 aromatic heterocycles. The van der Waals surface area contributed by atoms with E-state index < -0.39 is 10.0 Å². The molecule has 1 amide bonds. The van der Waals surface area contributed by atoms with Gasteiger partial charge in [0.2, 0.25) is 0 Å². The average Bonchev–Trinajstić information content (AvgIpc) is 2.52. The maximum atomic E-state index is 12.9. The van der Waals surface area contributed by atoms with Gasteiger partial charge in [0.15, 0.2) is 0 Å². The van der Waals surface area contributed by atoms with E-state index >= 15 is 0 Å². The van der Waals surface area contributed by atoms with E-state index in [1.807, 2.05) is 26.0 Å². The van der Waals surface area contributed by atoms with Gasteiger partial charge in [-0.1, -0.05) is 32.9 Å². The molecule has 0 saturated carbocycles. The summed E-state index contributed by atoms with van der Waals surface area (Å²) < 4.78 is 28.4. The molecule has 0 atom stereocenters. The second-order valence-electron chi connectivity index (χ2n) is 7.45. The number of carbonyl (C=O) groups excluding carboxylic acids is 1. The zero-order valence-electron chi connectivity index (χ0n) is 16.1. The Morgan fingerprint density at radius 3 is 1.88 bits per heavy atom. The van der Waals surface area contributed by atoms with E-state index in [1.54, 1.807) is 31.3 Å². The molecule has 0 aliphatic rings. The van der Waals surface area contributed by atoms with Crippen molar-refractivity contribution in [1.29, 1.82) is 0 Å². The number of carbonyl (C=O) groups is 1. The topological polar surface area (TPSA) is 75.3 Å². The van der Waals surface area contributed by atoms with Crippen LogP contribution in [0.15, 0.2) is 41.3 Å². The number of hydrogen-bond acceptors (Lipinski definition) is 3. The average molecular weight is 375 g/mol. The fraction of sp³-hybridized carbons (Fsp3) is 0.350. The quantitative estimate of drug-likeness (QED) is 0.855. The highest BCUT2D eigenvalue weighted by Crippen LogP contribution is 2.30. The summed E-state index contributed by atoms with van der Waals surface area (Å²) in [5, 5.41) is 2.53. The van der Waals surface area contributed by atoms with Crippen LogP contribution in [-0.2, 0) is 15.4 Å². The molecule has 0 bridgehead atoms. The maximum absolute atomic E-state index is 12.9. The molecule has 0 aliphatic heterocycles.